The monoisotopic (exact) mass is 144 g/mol. The highest BCUT2D eigenvalue weighted by molar-refractivity contribution is 4.54. The molecule has 0 unspecified atom stereocenters. The summed E-state index contributed by atoms with van der Waals surface area (Å²) in [4.78, 5) is 0. The smallest absolute Gasteiger partial charge is 0.159 e. The summed E-state index contributed by atoms with van der Waals surface area (Å²) in [5.74, 6) is 0.484. The molecule has 1 aliphatic rings. The van der Waals surface area contributed by atoms with Crippen LogP contribution in [-0.2, 0) is 9.47 Å². The van der Waals surface area contributed by atoms with Crippen molar-refractivity contribution in [2.45, 2.75) is 33.0 Å². The van der Waals surface area contributed by atoms with Crippen LogP contribution in [-0.4, -0.2) is 19.5 Å². The van der Waals surface area contributed by atoms with Gasteiger partial charge in [0.15, 0.2) is 6.29 Å². The van der Waals surface area contributed by atoms with Gasteiger partial charge in [0.1, 0.15) is 0 Å². The third-order valence-electron chi connectivity index (χ3n) is 1.65. The van der Waals surface area contributed by atoms with E-state index in [9.17, 15) is 0 Å². The first-order chi connectivity index (χ1) is 4.80. The first kappa shape index (κ1) is 8.02. The van der Waals surface area contributed by atoms with Gasteiger partial charge in [-0.1, -0.05) is 13.8 Å². The molecule has 0 radical (unpaired) electrons. The number of ether oxygens (including phenoxy) is 2. The maximum absolute atomic E-state index is 5.44. The minimum Gasteiger partial charge on any atom is -0.352 e. The molecule has 0 saturated carbocycles. The molecule has 0 aromatic rings. The topological polar surface area (TPSA) is 18.5 Å². The molecule has 10 heavy (non-hydrogen) atoms. The Morgan fingerprint density at radius 2 is 1.60 bits per heavy atom. The second-order valence-electron chi connectivity index (χ2n) is 3.06. The highest BCUT2D eigenvalue weighted by Gasteiger charge is 2.15. The average Bonchev–Trinajstić information content (AvgIpc) is 2.12. The molecule has 1 aliphatic heterocycles. The van der Waals surface area contributed by atoms with Gasteiger partial charge in [-0.2, -0.15) is 0 Å². The van der Waals surface area contributed by atoms with Crippen LogP contribution >= 0.6 is 0 Å². The maximum atomic E-state index is 5.44. The molecule has 1 saturated heterocycles. The third-order valence-corrected chi connectivity index (χ3v) is 1.65. The van der Waals surface area contributed by atoms with Crippen molar-refractivity contribution in [1.82, 2.24) is 0 Å². The van der Waals surface area contributed by atoms with Crippen LogP contribution in [0.25, 0.3) is 0 Å². The van der Waals surface area contributed by atoms with Crippen molar-refractivity contribution in [2.24, 2.45) is 5.92 Å². The van der Waals surface area contributed by atoms with Gasteiger partial charge in [0.25, 0.3) is 0 Å². The van der Waals surface area contributed by atoms with E-state index in [1.807, 2.05) is 0 Å². The number of hydrogen-bond donors (Lipinski definition) is 0. The Hall–Kier alpha value is -0.0800. The first-order valence-corrected chi connectivity index (χ1v) is 4.04. The van der Waals surface area contributed by atoms with E-state index >= 15 is 0 Å². The van der Waals surface area contributed by atoms with Crippen LogP contribution in [0.4, 0.5) is 0 Å². The fourth-order valence-corrected chi connectivity index (χ4v) is 1.04. The van der Waals surface area contributed by atoms with Crippen molar-refractivity contribution in [3.63, 3.8) is 0 Å². The van der Waals surface area contributed by atoms with Gasteiger partial charge in [-0.15, -0.1) is 0 Å². The molecule has 0 amide bonds. The number of hydrogen-bond acceptors (Lipinski definition) is 2. The summed E-state index contributed by atoms with van der Waals surface area (Å²) in [5, 5.41) is 0. The standard InChI is InChI=1S/C8H16O2/c1-7(2)8-9-5-3-4-6-10-8/h7-8H,3-6H2,1-2H3. The Kier molecular flexibility index (Phi) is 3.16. The molecular formula is C8H16O2. The Balaban J connectivity index is 2.28. The van der Waals surface area contributed by atoms with Crippen LogP contribution in [0.3, 0.4) is 0 Å². The predicted octanol–water partition coefficient (Wildman–Crippen LogP) is 1.80. The van der Waals surface area contributed by atoms with Crippen LogP contribution in [0.5, 0.6) is 0 Å². The highest BCUT2D eigenvalue weighted by Crippen LogP contribution is 2.12. The third kappa shape index (κ3) is 2.27. The molecule has 0 bridgehead atoms. The Morgan fingerprint density at radius 1 is 1.10 bits per heavy atom. The fourth-order valence-electron chi connectivity index (χ4n) is 1.04. The molecule has 0 spiro atoms. The van der Waals surface area contributed by atoms with Crippen molar-refractivity contribution >= 4 is 0 Å². The Labute approximate surface area is 62.5 Å². The largest absolute Gasteiger partial charge is 0.352 e. The lowest BCUT2D eigenvalue weighted by Crippen LogP contribution is -2.21. The van der Waals surface area contributed by atoms with Gasteiger partial charge in [0.05, 0.1) is 0 Å². The van der Waals surface area contributed by atoms with Gasteiger partial charge < -0.3 is 9.47 Å². The van der Waals surface area contributed by atoms with E-state index < -0.39 is 0 Å². The summed E-state index contributed by atoms with van der Waals surface area (Å²) in [6, 6.07) is 0. The summed E-state index contributed by atoms with van der Waals surface area (Å²) in [6.07, 6.45) is 2.33. The van der Waals surface area contributed by atoms with Gasteiger partial charge >= 0.3 is 0 Å². The molecule has 0 aliphatic carbocycles. The predicted molar refractivity (Wildman–Crippen MR) is 39.8 cm³/mol. The van der Waals surface area contributed by atoms with E-state index in [2.05, 4.69) is 13.8 Å². The lowest BCUT2D eigenvalue weighted by Gasteiger charge is -2.18. The maximum Gasteiger partial charge on any atom is 0.159 e. The molecule has 0 aromatic carbocycles. The van der Waals surface area contributed by atoms with Crippen LogP contribution < -0.4 is 0 Å². The molecule has 2 nitrogen and oxygen atoms in total. The molecule has 2 heteroatoms. The molecule has 60 valence electrons. The average molecular weight is 144 g/mol. The summed E-state index contributed by atoms with van der Waals surface area (Å²) in [6.45, 7) is 5.97. The zero-order valence-corrected chi connectivity index (χ0v) is 6.80. The second kappa shape index (κ2) is 3.94. The van der Waals surface area contributed by atoms with Crippen LogP contribution in [0, 0.1) is 5.92 Å². The lowest BCUT2D eigenvalue weighted by atomic mass is 10.2. The SMILES string of the molecule is CC(C)C1OCCCCO1. The first-order valence-electron chi connectivity index (χ1n) is 4.04. The van der Waals surface area contributed by atoms with E-state index in [4.69, 9.17) is 9.47 Å². The van der Waals surface area contributed by atoms with E-state index in [0.29, 0.717) is 5.92 Å². The Bertz CT molecular complexity index is 83.3. The van der Waals surface area contributed by atoms with Crippen LogP contribution in [0.1, 0.15) is 26.7 Å². The summed E-state index contributed by atoms with van der Waals surface area (Å²) in [7, 11) is 0. The van der Waals surface area contributed by atoms with Gasteiger partial charge in [-0.05, 0) is 12.8 Å². The van der Waals surface area contributed by atoms with Crippen molar-refractivity contribution in [1.29, 1.82) is 0 Å². The quantitative estimate of drug-likeness (QED) is 0.558. The minimum atomic E-state index is 0.0440. The lowest BCUT2D eigenvalue weighted by molar-refractivity contribution is -0.150. The molecule has 0 atom stereocenters. The van der Waals surface area contributed by atoms with Gasteiger partial charge in [0.2, 0.25) is 0 Å². The van der Waals surface area contributed by atoms with Crippen molar-refractivity contribution in [3.8, 4) is 0 Å². The van der Waals surface area contributed by atoms with Crippen molar-refractivity contribution in [2.75, 3.05) is 13.2 Å². The second-order valence-corrected chi connectivity index (χ2v) is 3.06. The van der Waals surface area contributed by atoms with Gasteiger partial charge in [-0.3, -0.25) is 0 Å². The van der Waals surface area contributed by atoms with Gasteiger partial charge in [-0.25, -0.2) is 0 Å². The molecule has 0 aromatic heterocycles. The molecule has 1 fully saturated rings. The summed E-state index contributed by atoms with van der Waals surface area (Å²) >= 11 is 0. The zero-order chi connectivity index (χ0) is 7.40. The van der Waals surface area contributed by atoms with Crippen LogP contribution in [0.2, 0.25) is 0 Å². The van der Waals surface area contributed by atoms with Gasteiger partial charge in [0, 0.05) is 19.1 Å². The zero-order valence-electron chi connectivity index (χ0n) is 6.80. The van der Waals surface area contributed by atoms with Crippen molar-refractivity contribution in [3.05, 3.63) is 0 Å². The summed E-state index contributed by atoms with van der Waals surface area (Å²) in [5.41, 5.74) is 0. The van der Waals surface area contributed by atoms with Crippen molar-refractivity contribution < 1.29 is 9.47 Å². The molecular weight excluding hydrogens is 128 g/mol. The van der Waals surface area contributed by atoms with E-state index in [1.165, 1.54) is 0 Å². The molecule has 0 N–H and O–H groups in total. The molecule has 1 heterocycles. The van der Waals surface area contributed by atoms with E-state index in [1.54, 1.807) is 0 Å². The normalized spacial score (nSPS) is 23.1. The highest BCUT2D eigenvalue weighted by atomic mass is 16.7. The van der Waals surface area contributed by atoms with E-state index in [0.717, 1.165) is 26.1 Å². The van der Waals surface area contributed by atoms with E-state index in [-0.39, 0.29) is 6.29 Å². The van der Waals surface area contributed by atoms with Crippen LogP contribution in [0.15, 0.2) is 0 Å². The summed E-state index contributed by atoms with van der Waals surface area (Å²) < 4.78 is 10.9. The number of rotatable bonds is 1. The fraction of sp³-hybridized carbons (Fsp3) is 1.00. The molecule has 1 rings (SSSR count). The Morgan fingerprint density at radius 3 is 2.00 bits per heavy atom. The minimum absolute atomic E-state index is 0.0440.